The largest absolute Gasteiger partial charge is 0.381 e. The fraction of sp³-hybridized carbons (Fsp3) is 0.789. The van der Waals surface area contributed by atoms with Crippen LogP contribution in [0.2, 0.25) is 0 Å². The Balaban J connectivity index is 1.61. The highest BCUT2D eigenvalue weighted by Gasteiger charge is 2.31. The SMILES string of the molecule is CC(C)(C)c1cc(NC(=O)[C@@H]2CCCCN2CC2CCOCC2)no1. The molecular weight excluding hydrogens is 318 g/mol. The third kappa shape index (κ3) is 4.82. The van der Waals surface area contributed by atoms with E-state index in [1.54, 1.807) is 0 Å². The molecule has 6 nitrogen and oxygen atoms in total. The number of hydrogen-bond acceptors (Lipinski definition) is 5. The van der Waals surface area contributed by atoms with Gasteiger partial charge in [0.2, 0.25) is 5.91 Å². The number of nitrogens with one attached hydrogen (secondary N) is 1. The van der Waals surface area contributed by atoms with Gasteiger partial charge in [-0.2, -0.15) is 0 Å². The van der Waals surface area contributed by atoms with Crippen LogP contribution in [0.1, 0.15) is 58.6 Å². The van der Waals surface area contributed by atoms with E-state index in [2.05, 4.69) is 36.1 Å². The Morgan fingerprint density at radius 2 is 2.04 bits per heavy atom. The Hall–Kier alpha value is -1.40. The van der Waals surface area contributed by atoms with E-state index in [1.165, 1.54) is 6.42 Å². The lowest BCUT2D eigenvalue weighted by Gasteiger charge is -2.37. The maximum Gasteiger partial charge on any atom is 0.242 e. The number of carbonyl (C=O) groups excluding carboxylic acids is 1. The van der Waals surface area contributed by atoms with Crippen molar-refractivity contribution < 1.29 is 14.1 Å². The zero-order valence-corrected chi connectivity index (χ0v) is 15.7. The number of anilines is 1. The molecule has 140 valence electrons. The van der Waals surface area contributed by atoms with Gasteiger partial charge in [-0.1, -0.05) is 32.3 Å². The first kappa shape index (κ1) is 18.4. The second-order valence-electron chi connectivity index (χ2n) is 8.38. The Bertz CT molecular complexity index is 573. The highest BCUT2D eigenvalue weighted by Crippen LogP contribution is 2.26. The predicted octanol–water partition coefficient (Wildman–Crippen LogP) is 3.19. The van der Waals surface area contributed by atoms with E-state index in [-0.39, 0.29) is 17.4 Å². The summed E-state index contributed by atoms with van der Waals surface area (Å²) in [5.41, 5.74) is -0.115. The summed E-state index contributed by atoms with van der Waals surface area (Å²) in [4.78, 5) is 15.2. The van der Waals surface area contributed by atoms with Gasteiger partial charge < -0.3 is 14.6 Å². The van der Waals surface area contributed by atoms with E-state index in [0.29, 0.717) is 11.7 Å². The molecular formula is C19H31N3O3. The van der Waals surface area contributed by atoms with Crippen molar-refractivity contribution in [1.29, 1.82) is 0 Å². The van der Waals surface area contributed by atoms with Crippen LogP contribution in [0, 0.1) is 5.92 Å². The van der Waals surface area contributed by atoms with Gasteiger partial charge >= 0.3 is 0 Å². The number of ether oxygens (including phenoxy) is 1. The molecule has 0 spiro atoms. The number of likely N-dealkylation sites (tertiary alicyclic amines) is 1. The molecule has 2 saturated heterocycles. The van der Waals surface area contributed by atoms with E-state index >= 15 is 0 Å². The molecule has 1 aromatic rings. The molecule has 3 rings (SSSR count). The Morgan fingerprint density at radius 3 is 2.72 bits per heavy atom. The summed E-state index contributed by atoms with van der Waals surface area (Å²) in [6, 6.07) is 1.77. The van der Waals surface area contributed by atoms with Gasteiger partial charge in [0.1, 0.15) is 5.76 Å². The molecule has 1 N–H and O–H groups in total. The number of aromatic nitrogens is 1. The quantitative estimate of drug-likeness (QED) is 0.904. The number of piperidine rings is 1. The summed E-state index contributed by atoms with van der Waals surface area (Å²) in [7, 11) is 0. The van der Waals surface area contributed by atoms with Crippen LogP contribution in [0.15, 0.2) is 10.6 Å². The number of rotatable bonds is 4. The molecule has 0 bridgehead atoms. The molecule has 0 saturated carbocycles. The molecule has 25 heavy (non-hydrogen) atoms. The average molecular weight is 349 g/mol. The van der Waals surface area contributed by atoms with Crippen molar-refractivity contribution in [2.24, 2.45) is 5.92 Å². The van der Waals surface area contributed by atoms with Crippen molar-refractivity contribution in [2.45, 2.75) is 64.3 Å². The molecule has 1 atom stereocenters. The normalized spacial score (nSPS) is 23.6. The van der Waals surface area contributed by atoms with Crippen LogP contribution >= 0.6 is 0 Å². The zero-order chi connectivity index (χ0) is 17.9. The summed E-state index contributed by atoms with van der Waals surface area (Å²) in [6.45, 7) is 9.89. The Labute approximate surface area is 150 Å². The van der Waals surface area contributed by atoms with Crippen LogP contribution in [0.5, 0.6) is 0 Å². The fourth-order valence-electron chi connectivity index (χ4n) is 3.66. The number of hydrogen-bond donors (Lipinski definition) is 1. The van der Waals surface area contributed by atoms with Gasteiger partial charge in [-0.3, -0.25) is 9.69 Å². The molecule has 0 unspecified atom stereocenters. The minimum atomic E-state index is -0.115. The highest BCUT2D eigenvalue weighted by atomic mass is 16.5. The maximum absolute atomic E-state index is 12.8. The van der Waals surface area contributed by atoms with Gasteiger partial charge in [0, 0.05) is 31.2 Å². The van der Waals surface area contributed by atoms with E-state index in [4.69, 9.17) is 9.26 Å². The second kappa shape index (κ2) is 7.87. The van der Waals surface area contributed by atoms with Crippen molar-refractivity contribution in [3.05, 3.63) is 11.8 Å². The first-order valence-corrected chi connectivity index (χ1v) is 9.53. The summed E-state index contributed by atoms with van der Waals surface area (Å²) in [6.07, 6.45) is 5.39. The van der Waals surface area contributed by atoms with Crippen LogP contribution in [-0.4, -0.2) is 48.3 Å². The van der Waals surface area contributed by atoms with E-state index in [1.807, 2.05) is 6.07 Å². The maximum atomic E-state index is 12.8. The van der Waals surface area contributed by atoms with Gasteiger partial charge in [-0.15, -0.1) is 0 Å². The lowest BCUT2D eigenvalue weighted by molar-refractivity contribution is -0.123. The van der Waals surface area contributed by atoms with Crippen molar-refractivity contribution in [1.82, 2.24) is 10.1 Å². The molecule has 2 aliphatic heterocycles. The monoisotopic (exact) mass is 349 g/mol. The third-order valence-electron chi connectivity index (χ3n) is 5.25. The van der Waals surface area contributed by atoms with Crippen molar-refractivity contribution in [3.8, 4) is 0 Å². The van der Waals surface area contributed by atoms with Crippen LogP contribution in [0.25, 0.3) is 0 Å². The summed E-state index contributed by atoms with van der Waals surface area (Å²) in [5, 5.41) is 6.98. The molecule has 6 heteroatoms. The second-order valence-corrected chi connectivity index (χ2v) is 8.38. The molecule has 2 fully saturated rings. The van der Waals surface area contributed by atoms with Crippen molar-refractivity contribution >= 4 is 11.7 Å². The van der Waals surface area contributed by atoms with Gasteiger partial charge in [-0.25, -0.2) is 0 Å². The van der Waals surface area contributed by atoms with Crippen molar-refractivity contribution in [3.63, 3.8) is 0 Å². The first-order chi connectivity index (χ1) is 11.9. The topological polar surface area (TPSA) is 67.6 Å². The van der Waals surface area contributed by atoms with Gasteiger partial charge in [0.25, 0.3) is 0 Å². The minimum absolute atomic E-state index is 0.0421. The van der Waals surface area contributed by atoms with Gasteiger partial charge in [0.15, 0.2) is 5.82 Å². The lowest BCUT2D eigenvalue weighted by atomic mass is 9.93. The van der Waals surface area contributed by atoms with Crippen molar-refractivity contribution in [2.75, 3.05) is 31.6 Å². The number of amides is 1. The minimum Gasteiger partial charge on any atom is -0.381 e. The predicted molar refractivity (Wildman–Crippen MR) is 96.6 cm³/mol. The molecule has 0 radical (unpaired) electrons. The smallest absolute Gasteiger partial charge is 0.242 e. The summed E-state index contributed by atoms with van der Waals surface area (Å²) >= 11 is 0. The Morgan fingerprint density at radius 1 is 1.28 bits per heavy atom. The average Bonchev–Trinajstić information content (AvgIpc) is 3.05. The van der Waals surface area contributed by atoms with Gasteiger partial charge in [0.05, 0.1) is 6.04 Å². The van der Waals surface area contributed by atoms with Crippen LogP contribution < -0.4 is 5.32 Å². The third-order valence-corrected chi connectivity index (χ3v) is 5.25. The Kier molecular flexibility index (Phi) is 5.79. The van der Waals surface area contributed by atoms with Crippen LogP contribution in [0.3, 0.4) is 0 Å². The van der Waals surface area contributed by atoms with E-state index < -0.39 is 0 Å². The molecule has 2 aliphatic rings. The van der Waals surface area contributed by atoms with Gasteiger partial charge in [-0.05, 0) is 38.1 Å². The fourth-order valence-corrected chi connectivity index (χ4v) is 3.66. The molecule has 3 heterocycles. The molecule has 0 aromatic carbocycles. The zero-order valence-electron chi connectivity index (χ0n) is 15.7. The standard InChI is InChI=1S/C19H31N3O3/c1-19(2,3)16-12-17(21-25-16)20-18(23)15-6-4-5-9-22(15)13-14-7-10-24-11-8-14/h12,14-15H,4-11,13H2,1-3H3,(H,20,21,23)/t15-/m0/s1. The highest BCUT2D eigenvalue weighted by molar-refractivity contribution is 5.94. The number of carbonyl (C=O) groups is 1. The lowest BCUT2D eigenvalue weighted by Crippen LogP contribution is -2.49. The van der Waals surface area contributed by atoms with E-state index in [9.17, 15) is 4.79 Å². The summed E-state index contributed by atoms with van der Waals surface area (Å²) in [5.74, 6) is 1.99. The van der Waals surface area contributed by atoms with E-state index in [0.717, 1.165) is 57.7 Å². The number of nitrogens with zero attached hydrogens (tertiary/aromatic N) is 2. The first-order valence-electron chi connectivity index (χ1n) is 9.53. The summed E-state index contributed by atoms with van der Waals surface area (Å²) < 4.78 is 10.8. The molecule has 1 aromatic heterocycles. The van der Waals surface area contributed by atoms with Crippen LogP contribution in [0.4, 0.5) is 5.82 Å². The molecule has 0 aliphatic carbocycles. The molecule has 1 amide bonds. The van der Waals surface area contributed by atoms with Crippen LogP contribution in [-0.2, 0) is 14.9 Å².